The summed E-state index contributed by atoms with van der Waals surface area (Å²) in [6.45, 7) is 6.98. The number of nitriles is 1. The third kappa shape index (κ3) is 7.23. The fraction of sp³-hybridized carbons (Fsp3) is 0.519. The van der Waals surface area contributed by atoms with Crippen molar-refractivity contribution >= 4 is 0 Å². The summed E-state index contributed by atoms with van der Waals surface area (Å²) in [4.78, 5) is 2.15. The molecular weight excluding hydrogens is 466 g/mol. The van der Waals surface area contributed by atoms with Gasteiger partial charge in [-0.15, -0.1) is 0 Å². The van der Waals surface area contributed by atoms with Gasteiger partial charge in [-0.05, 0) is 68.0 Å². The summed E-state index contributed by atoms with van der Waals surface area (Å²) >= 11 is 0. The molecule has 2 nitrogen and oxygen atoms in total. The smallest absolute Gasteiger partial charge is 0.303 e. The molecule has 0 saturated carbocycles. The number of benzene rings is 2. The van der Waals surface area contributed by atoms with Crippen molar-refractivity contribution in [2.75, 3.05) is 19.6 Å². The molecule has 0 bridgehead atoms. The van der Waals surface area contributed by atoms with E-state index in [1.54, 1.807) is 0 Å². The van der Waals surface area contributed by atoms with Crippen LogP contribution in [0.5, 0.6) is 0 Å². The summed E-state index contributed by atoms with van der Waals surface area (Å²) in [5.41, 5.74) is -4.53. The Morgan fingerprint density at radius 3 is 1.86 bits per heavy atom. The van der Waals surface area contributed by atoms with Crippen LogP contribution in [0, 0.1) is 17.2 Å². The number of halogens is 6. The van der Waals surface area contributed by atoms with Crippen LogP contribution in [0.1, 0.15) is 62.3 Å². The van der Waals surface area contributed by atoms with Crippen molar-refractivity contribution in [3.8, 4) is 6.07 Å². The molecule has 2 aromatic rings. The Bertz CT molecular complexity index is 944. The van der Waals surface area contributed by atoms with Gasteiger partial charge in [0.05, 0.1) is 22.6 Å². The van der Waals surface area contributed by atoms with Crippen LogP contribution in [-0.2, 0) is 24.2 Å². The SMILES string of the molecule is CCCN(CCCC(C#N)(c1c(C(F)(F)F)cccc1C(F)(F)F)C(C)C)CCc1ccccc1. The molecule has 0 fully saturated rings. The van der Waals surface area contributed by atoms with E-state index in [0.29, 0.717) is 31.6 Å². The lowest BCUT2D eigenvalue weighted by molar-refractivity contribution is -0.145. The fourth-order valence-electron chi connectivity index (χ4n) is 4.61. The monoisotopic (exact) mass is 498 g/mol. The minimum Gasteiger partial charge on any atom is -0.303 e. The van der Waals surface area contributed by atoms with Gasteiger partial charge in [0.2, 0.25) is 0 Å². The standard InChI is InChI=1S/C27H32F6N2/c1-4-16-35(18-14-21-10-6-5-7-11-21)17-9-15-25(19-34,20(2)3)24-22(26(28,29)30)12-8-13-23(24)27(31,32)33/h5-8,10-13,20H,4,9,14-18H2,1-3H3. The van der Waals surface area contributed by atoms with Gasteiger partial charge in [-0.2, -0.15) is 31.6 Å². The number of hydrogen-bond acceptors (Lipinski definition) is 2. The highest BCUT2D eigenvalue weighted by molar-refractivity contribution is 5.48. The molecule has 0 spiro atoms. The van der Waals surface area contributed by atoms with E-state index in [1.165, 1.54) is 13.8 Å². The number of alkyl halides is 6. The molecule has 0 N–H and O–H groups in total. The van der Waals surface area contributed by atoms with Crippen LogP contribution in [0.15, 0.2) is 48.5 Å². The Hall–Kier alpha value is -2.53. The van der Waals surface area contributed by atoms with Crippen molar-refractivity contribution in [3.05, 3.63) is 70.8 Å². The minimum atomic E-state index is -5.02. The Morgan fingerprint density at radius 1 is 0.829 bits per heavy atom. The number of hydrogen-bond donors (Lipinski definition) is 0. The van der Waals surface area contributed by atoms with Crippen molar-refractivity contribution in [1.82, 2.24) is 4.90 Å². The number of rotatable bonds is 11. The second-order valence-electron chi connectivity index (χ2n) is 9.14. The highest BCUT2D eigenvalue weighted by Crippen LogP contribution is 2.48. The fourth-order valence-corrected chi connectivity index (χ4v) is 4.61. The van der Waals surface area contributed by atoms with E-state index in [9.17, 15) is 31.6 Å². The Kier molecular flexibility index (Phi) is 9.79. The van der Waals surface area contributed by atoms with Crippen LogP contribution in [0.25, 0.3) is 0 Å². The molecule has 1 unspecified atom stereocenters. The Labute approximate surface area is 203 Å². The van der Waals surface area contributed by atoms with Crippen molar-refractivity contribution in [2.24, 2.45) is 5.92 Å². The van der Waals surface area contributed by atoms with Gasteiger partial charge in [0.1, 0.15) is 0 Å². The van der Waals surface area contributed by atoms with E-state index in [0.717, 1.165) is 31.0 Å². The molecule has 0 aliphatic heterocycles. The molecule has 8 heteroatoms. The maximum absolute atomic E-state index is 13.9. The van der Waals surface area contributed by atoms with Gasteiger partial charge in [-0.3, -0.25) is 0 Å². The van der Waals surface area contributed by atoms with Gasteiger partial charge < -0.3 is 4.90 Å². The summed E-state index contributed by atoms with van der Waals surface area (Å²) in [6, 6.07) is 13.8. The van der Waals surface area contributed by atoms with Crippen LogP contribution < -0.4 is 0 Å². The Morgan fingerprint density at radius 2 is 1.40 bits per heavy atom. The first-order chi connectivity index (χ1) is 16.4. The third-order valence-electron chi connectivity index (χ3n) is 6.45. The molecule has 0 aliphatic rings. The van der Waals surface area contributed by atoms with Gasteiger partial charge in [-0.25, -0.2) is 0 Å². The first-order valence-electron chi connectivity index (χ1n) is 11.8. The van der Waals surface area contributed by atoms with Crippen molar-refractivity contribution in [1.29, 1.82) is 5.26 Å². The molecule has 192 valence electrons. The largest absolute Gasteiger partial charge is 0.416 e. The molecule has 1 atom stereocenters. The first-order valence-corrected chi connectivity index (χ1v) is 11.8. The molecule has 0 saturated heterocycles. The molecule has 35 heavy (non-hydrogen) atoms. The lowest BCUT2D eigenvalue weighted by Crippen LogP contribution is -2.37. The molecule has 2 rings (SSSR count). The van der Waals surface area contributed by atoms with E-state index in [-0.39, 0.29) is 6.42 Å². The molecular formula is C27H32F6N2. The van der Waals surface area contributed by atoms with Crippen molar-refractivity contribution < 1.29 is 26.3 Å². The maximum Gasteiger partial charge on any atom is 0.416 e. The second kappa shape index (κ2) is 11.9. The predicted molar refractivity (Wildman–Crippen MR) is 125 cm³/mol. The zero-order valence-corrected chi connectivity index (χ0v) is 20.3. The average Bonchev–Trinajstić information content (AvgIpc) is 2.79. The highest BCUT2D eigenvalue weighted by Gasteiger charge is 2.49. The lowest BCUT2D eigenvalue weighted by Gasteiger charge is -2.36. The van der Waals surface area contributed by atoms with Crippen LogP contribution in [-0.4, -0.2) is 24.5 Å². The molecule has 0 heterocycles. The van der Waals surface area contributed by atoms with Crippen LogP contribution in [0.2, 0.25) is 0 Å². The Balaban J connectivity index is 2.37. The first kappa shape index (κ1) is 28.7. The summed E-state index contributed by atoms with van der Waals surface area (Å²) in [7, 11) is 0. The molecule has 0 aliphatic carbocycles. The second-order valence-corrected chi connectivity index (χ2v) is 9.14. The summed E-state index contributed by atoms with van der Waals surface area (Å²) < 4.78 is 83.2. The lowest BCUT2D eigenvalue weighted by atomic mass is 9.66. The molecule has 0 aromatic heterocycles. The molecule has 2 aromatic carbocycles. The van der Waals surface area contributed by atoms with Crippen molar-refractivity contribution in [3.63, 3.8) is 0 Å². The van der Waals surface area contributed by atoms with E-state index >= 15 is 0 Å². The normalized spacial score (nSPS) is 14.2. The minimum absolute atomic E-state index is 0.108. The summed E-state index contributed by atoms with van der Waals surface area (Å²) in [5, 5.41) is 10.1. The third-order valence-corrected chi connectivity index (χ3v) is 6.45. The van der Waals surface area contributed by atoms with Gasteiger partial charge in [-0.1, -0.05) is 57.2 Å². The van der Waals surface area contributed by atoms with Gasteiger partial charge >= 0.3 is 12.4 Å². The van der Waals surface area contributed by atoms with E-state index in [2.05, 4.69) is 4.90 Å². The van der Waals surface area contributed by atoms with Crippen molar-refractivity contribution in [2.45, 2.75) is 64.2 Å². The topological polar surface area (TPSA) is 27.0 Å². The molecule has 0 amide bonds. The van der Waals surface area contributed by atoms with Crippen LogP contribution in [0.3, 0.4) is 0 Å². The van der Waals surface area contributed by atoms with E-state index < -0.39 is 40.4 Å². The van der Waals surface area contributed by atoms with Crippen LogP contribution >= 0.6 is 0 Å². The maximum atomic E-state index is 13.9. The number of nitrogens with zero attached hydrogens (tertiary/aromatic N) is 2. The summed E-state index contributed by atoms with van der Waals surface area (Å²) in [6.07, 6.45) is -8.21. The van der Waals surface area contributed by atoms with Gasteiger partial charge in [0.25, 0.3) is 0 Å². The zero-order chi connectivity index (χ0) is 26.3. The zero-order valence-electron chi connectivity index (χ0n) is 20.3. The van der Waals surface area contributed by atoms with Gasteiger partial charge in [0.15, 0.2) is 0 Å². The quantitative estimate of drug-likeness (QED) is 0.295. The molecule has 0 radical (unpaired) electrons. The van der Waals surface area contributed by atoms with E-state index in [4.69, 9.17) is 0 Å². The predicted octanol–water partition coefficient (Wildman–Crippen LogP) is 7.88. The van der Waals surface area contributed by atoms with Gasteiger partial charge in [0, 0.05) is 6.54 Å². The average molecular weight is 499 g/mol. The summed E-state index contributed by atoms with van der Waals surface area (Å²) in [5.74, 6) is -0.763. The van der Waals surface area contributed by atoms with E-state index in [1.807, 2.05) is 43.3 Å². The highest BCUT2D eigenvalue weighted by atomic mass is 19.4. The van der Waals surface area contributed by atoms with Crippen LogP contribution in [0.4, 0.5) is 26.3 Å².